The van der Waals surface area contributed by atoms with E-state index in [1.165, 1.54) is 0 Å². The van der Waals surface area contributed by atoms with Crippen LogP contribution in [0.4, 0.5) is 0 Å². The van der Waals surface area contributed by atoms with Gasteiger partial charge in [-0.1, -0.05) is 12.1 Å². The first-order valence-corrected chi connectivity index (χ1v) is 5.30. The van der Waals surface area contributed by atoms with Crippen molar-refractivity contribution < 1.29 is 19.6 Å². The third-order valence-electron chi connectivity index (χ3n) is 2.82. The number of benzene rings is 1. The highest BCUT2D eigenvalue weighted by molar-refractivity contribution is 5.81. The Morgan fingerprint density at radius 2 is 2.19 bits per heavy atom. The molecular formula is C12H14NO3+. The predicted octanol–water partition coefficient (Wildman–Crippen LogP) is 1.07. The molecule has 2 rings (SSSR count). The van der Waals surface area contributed by atoms with Gasteiger partial charge in [0.05, 0.1) is 5.56 Å². The highest BCUT2D eigenvalue weighted by atomic mass is 16.4. The van der Waals surface area contributed by atoms with Gasteiger partial charge in [0, 0.05) is 12.8 Å². The molecule has 0 radical (unpaired) electrons. The Hall–Kier alpha value is -1.84. The molecule has 1 atom stereocenters. The normalized spacial score (nSPS) is 22.5. The fourth-order valence-corrected chi connectivity index (χ4v) is 1.98. The standard InChI is InChI=1S/C12H13NO3/c14-11-6-2-1-4-9(11)8-13-7-3-5-10(13)12(15)16/h1-2,4,6,8,10H,3,5,7H2,(H,15,16)/p+1. The van der Waals surface area contributed by atoms with Crippen molar-refractivity contribution in [1.29, 1.82) is 0 Å². The van der Waals surface area contributed by atoms with Gasteiger partial charge in [-0.25, -0.2) is 9.37 Å². The third kappa shape index (κ3) is 2.05. The predicted molar refractivity (Wildman–Crippen MR) is 59.1 cm³/mol. The molecule has 84 valence electrons. The smallest absolute Gasteiger partial charge is 0.372 e. The van der Waals surface area contributed by atoms with E-state index >= 15 is 0 Å². The zero-order valence-corrected chi connectivity index (χ0v) is 8.84. The SMILES string of the molecule is O=C(O)C1CCC[N+]1=Cc1ccccc1O. The number of nitrogens with zero attached hydrogens (tertiary/aromatic N) is 1. The van der Waals surface area contributed by atoms with Gasteiger partial charge >= 0.3 is 5.97 Å². The molecule has 1 saturated heterocycles. The number of phenolic OH excluding ortho intramolecular Hbond substituents is 1. The maximum absolute atomic E-state index is 11.0. The first kappa shape index (κ1) is 10.7. The molecule has 1 aromatic carbocycles. The van der Waals surface area contributed by atoms with E-state index < -0.39 is 12.0 Å². The van der Waals surface area contributed by atoms with Crippen molar-refractivity contribution in [3.63, 3.8) is 0 Å². The molecule has 16 heavy (non-hydrogen) atoms. The maximum Gasteiger partial charge on any atom is 0.372 e. The van der Waals surface area contributed by atoms with Gasteiger partial charge in [0.15, 0.2) is 6.21 Å². The molecule has 4 nitrogen and oxygen atoms in total. The number of carboxylic acid groups (broad SMARTS) is 1. The quantitative estimate of drug-likeness (QED) is 0.733. The van der Waals surface area contributed by atoms with Crippen molar-refractivity contribution in [2.45, 2.75) is 18.9 Å². The second kappa shape index (κ2) is 4.35. The lowest BCUT2D eigenvalue weighted by Gasteiger charge is -2.02. The number of hydrogen-bond donors (Lipinski definition) is 2. The molecule has 0 saturated carbocycles. The summed E-state index contributed by atoms with van der Waals surface area (Å²) in [6.45, 7) is 0.727. The molecular weight excluding hydrogens is 206 g/mol. The van der Waals surface area contributed by atoms with Crippen LogP contribution >= 0.6 is 0 Å². The number of aromatic hydroxyl groups is 1. The lowest BCUT2D eigenvalue weighted by Crippen LogP contribution is -2.29. The molecule has 1 aliphatic rings. The summed E-state index contributed by atoms with van der Waals surface area (Å²) < 4.78 is 1.78. The highest BCUT2D eigenvalue weighted by Crippen LogP contribution is 2.16. The lowest BCUT2D eigenvalue weighted by atomic mass is 10.2. The first-order valence-electron chi connectivity index (χ1n) is 5.30. The monoisotopic (exact) mass is 220 g/mol. The second-order valence-electron chi connectivity index (χ2n) is 3.92. The molecule has 0 aromatic heterocycles. The first-order chi connectivity index (χ1) is 7.68. The van der Waals surface area contributed by atoms with Gasteiger partial charge in [0.2, 0.25) is 6.04 Å². The average Bonchev–Trinajstić information content (AvgIpc) is 2.69. The second-order valence-corrected chi connectivity index (χ2v) is 3.92. The van der Waals surface area contributed by atoms with E-state index in [0.29, 0.717) is 12.0 Å². The Balaban J connectivity index is 2.30. The summed E-state index contributed by atoms with van der Waals surface area (Å²) in [6, 6.07) is 6.46. The summed E-state index contributed by atoms with van der Waals surface area (Å²) in [5.74, 6) is -0.622. The van der Waals surface area contributed by atoms with E-state index in [0.717, 1.165) is 13.0 Å². The molecule has 1 aromatic rings. The topological polar surface area (TPSA) is 60.5 Å². The van der Waals surface area contributed by atoms with Crippen molar-refractivity contribution in [2.75, 3.05) is 6.54 Å². The Morgan fingerprint density at radius 1 is 1.44 bits per heavy atom. The van der Waals surface area contributed by atoms with E-state index in [1.54, 1.807) is 29.0 Å². The molecule has 1 fully saturated rings. The van der Waals surface area contributed by atoms with E-state index in [4.69, 9.17) is 5.11 Å². The Bertz CT molecular complexity index is 440. The van der Waals surface area contributed by atoms with Crippen LogP contribution in [0.3, 0.4) is 0 Å². The van der Waals surface area contributed by atoms with Crippen LogP contribution in [0.15, 0.2) is 24.3 Å². The number of para-hydroxylation sites is 1. The lowest BCUT2D eigenvalue weighted by molar-refractivity contribution is -0.527. The average molecular weight is 220 g/mol. The van der Waals surface area contributed by atoms with Crippen molar-refractivity contribution in [1.82, 2.24) is 0 Å². The zero-order chi connectivity index (χ0) is 11.5. The Labute approximate surface area is 93.5 Å². The molecule has 1 heterocycles. The third-order valence-corrected chi connectivity index (χ3v) is 2.82. The molecule has 0 bridgehead atoms. The van der Waals surface area contributed by atoms with E-state index in [-0.39, 0.29) is 5.75 Å². The van der Waals surface area contributed by atoms with Crippen LogP contribution in [0.2, 0.25) is 0 Å². The van der Waals surface area contributed by atoms with Gasteiger partial charge in [-0.2, -0.15) is 0 Å². The molecule has 1 aliphatic heterocycles. The number of aliphatic carboxylic acids is 1. The summed E-state index contributed by atoms with van der Waals surface area (Å²) in [7, 11) is 0. The summed E-state index contributed by atoms with van der Waals surface area (Å²) in [5, 5.41) is 18.6. The van der Waals surface area contributed by atoms with Crippen LogP contribution < -0.4 is 0 Å². The minimum atomic E-state index is -0.802. The fourth-order valence-electron chi connectivity index (χ4n) is 1.98. The zero-order valence-electron chi connectivity index (χ0n) is 8.84. The van der Waals surface area contributed by atoms with Gasteiger partial charge in [0.25, 0.3) is 0 Å². The number of hydrogen-bond acceptors (Lipinski definition) is 2. The largest absolute Gasteiger partial charge is 0.507 e. The van der Waals surface area contributed by atoms with Gasteiger partial charge in [-0.15, -0.1) is 0 Å². The fraction of sp³-hybridized carbons (Fsp3) is 0.333. The number of carbonyl (C=O) groups is 1. The van der Waals surface area contributed by atoms with Gasteiger partial charge in [0.1, 0.15) is 12.3 Å². The summed E-state index contributed by atoms with van der Waals surface area (Å²) in [4.78, 5) is 11.0. The Morgan fingerprint density at radius 3 is 2.88 bits per heavy atom. The van der Waals surface area contributed by atoms with Crippen molar-refractivity contribution >= 4 is 12.2 Å². The summed E-state index contributed by atoms with van der Waals surface area (Å²) >= 11 is 0. The molecule has 2 N–H and O–H groups in total. The van der Waals surface area contributed by atoms with E-state index in [2.05, 4.69) is 0 Å². The Kier molecular flexibility index (Phi) is 2.90. The minimum Gasteiger partial charge on any atom is -0.507 e. The molecule has 1 unspecified atom stereocenters. The summed E-state index contributed by atoms with van der Waals surface area (Å²) in [6.07, 6.45) is 3.27. The van der Waals surface area contributed by atoms with E-state index in [1.807, 2.05) is 6.07 Å². The molecule has 0 spiro atoms. The van der Waals surface area contributed by atoms with Gasteiger partial charge < -0.3 is 10.2 Å². The molecule has 4 heteroatoms. The van der Waals surface area contributed by atoms with Crippen LogP contribution in [0.1, 0.15) is 18.4 Å². The molecule has 0 aliphatic carbocycles. The number of rotatable bonds is 2. The maximum atomic E-state index is 11.0. The van der Waals surface area contributed by atoms with Crippen LogP contribution in [-0.4, -0.2) is 39.6 Å². The van der Waals surface area contributed by atoms with Gasteiger partial charge in [-0.3, -0.25) is 0 Å². The van der Waals surface area contributed by atoms with Crippen LogP contribution in [0.5, 0.6) is 5.75 Å². The number of carboxylic acids is 1. The van der Waals surface area contributed by atoms with Crippen LogP contribution in [0.25, 0.3) is 0 Å². The summed E-state index contributed by atoms with van der Waals surface area (Å²) in [5.41, 5.74) is 0.663. The van der Waals surface area contributed by atoms with Crippen LogP contribution in [-0.2, 0) is 4.79 Å². The minimum absolute atomic E-state index is 0.179. The van der Waals surface area contributed by atoms with Crippen LogP contribution in [0, 0.1) is 0 Å². The van der Waals surface area contributed by atoms with Gasteiger partial charge in [-0.05, 0) is 12.1 Å². The highest BCUT2D eigenvalue weighted by Gasteiger charge is 2.34. The van der Waals surface area contributed by atoms with E-state index in [9.17, 15) is 9.90 Å². The van der Waals surface area contributed by atoms with Crippen molar-refractivity contribution in [2.24, 2.45) is 0 Å². The molecule has 0 amide bonds. The van der Waals surface area contributed by atoms with Crippen molar-refractivity contribution in [3.05, 3.63) is 29.8 Å². The van der Waals surface area contributed by atoms with Crippen molar-refractivity contribution in [3.8, 4) is 5.75 Å². The number of phenols is 1.